The highest BCUT2D eigenvalue weighted by molar-refractivity contribution is 7.21. The molecule has 0 aliphatic carbocycles. The summed E-state index contributed by atoms with van der Waals surface area (Å²) in [6, 6.07) is 21.2. The Hall–Kier alpha value is -4.10. The molecule has 1 aromatic heterocycles. The van der Waals surface area contributed by atoms with Gasteiger partial charge in [-0.25, -0.2) is 0 Å². The maximum Gasteiger partial charge on any atom is 0.249 e. The summed E-state index contributed by atoms with van der Waals surface area (Å²) < 4.78 is 12.9. The average molecular weight is 486 g/mol. The molecule has 1 aliphatic heterocycles. The van der Waals surface area contributed by atoms with E-state index in [1.807, 2.05) is 18.2 Å². The molecule has 6 nitrogen and oxygen atoms in total. The van der Waals surface area contributed by atoms with Crippen LogP contribution in [0.15, 0.2) is 84.9 Å². The standard InChI is InChI=1S/C28H23NO5S/c1-17(2)28(32)29-15-22(16-29)33-20-9-11-21(12-10-20)34-26-23-13-8-19(30)14-24(23)35-27(26)25(31)18-6-4-3-5-7-18/h3-14,22,30H,1,15-16H2,2H3. The van der Waals surface area contributed by atoms with Crippen LogP contribution in [-0.2, 0) is 4.79 Å². The smallest absolute Gasteiger partial charge is 0.249 e. The Kier molecular flexibility index (Phi) is 6.01. The lowest BCUT2D eigenvalue weighted by molar-refractivity contribution is -0.135. The fourth-order valence-electron chi connectivity index (χ4n) is 3.88. The molecule has 0 saturated carbocycles. The van der Waals surface area contributed by atoms with Crippen LogP contribution in [0.3, 0.4) is 0 Å². The van der Waals surface area contributed by atoms with Crippen LogP contribution in [0.4, 0.5) is 0 Å². The Labute approximate surface area is 206 Å². The predicted octanol–water partition coefficient (Wildman–Crippen LogP) is 5.80. The number of thiophene rings is 1. The van der Waals surface area contributed by atoms with E-state index in [0.29, 0.717) is 46.4 Å². The Morgan fingerprint density at radius 3 is 2.37 bits per heavy atom. The number of phenols is 1. The third-order valence-corrected chi connectivity index (χ3v) is 6.85. The first kappa shape index (κ1) is 22.7. The van der Waals surface area contributed by atoms with Crippen molar-refractivity contribution in [3.8, 4) is 23.0 Å². The Bertz CT molecular complexity index is 1420. The van der Waals surface area contributed by atoms with Gasteiger partial charge in [-0.05, 0) is 49.4 Å². The van der Waals surface area contributed by atoms with Crippen LogP contribution in [-0.4, -0.2) is 40.9 Å². The first-order valence-corrected chi connectivity index (χ1v) is 12.0. The molecule has 176 valence electrons. The predicted molar refractivity (Wildman–Crippen MR) is 136 cm³/mol. The highest BCUT2D eigenvalue weighted by Gasteiger charge is 2.32. The number of ether oxygens (including phenoxy) is 2. The van der Waals surface area contributed by atoms with Crippen LogP contribution >= 0.6 is 11.3 Å². The molecule has 0 radical (unpaired) electrons. The van der Waals surface area contributed by atoms with Crippen LogP contribution in [0.25, 0.3) is 10.1 Å². The molecule has 1 saturated heterocycles. The van der Waals surface area contributed by atoms with Crippen LogP contribution < -0.4 is 9.47 Å². The molecule has 7 heteroatoms. The third kappa shape index (κ3) is 4.63. The van der Waals surface area contributed by atoms with Gasteiger partial charge in [0, 0.05) is 21.2 Å². The highest BCUT2D eigenvalue weighted by Crippen LogP contribution is 2.42. The Morgan fingerprint density at radius 1 is 1.00 bits per heavy atom. The number of amides is 1. The van der Waals surface area contributed by atoms with Crippen molar-refractivity contribution in [3.63, 3.8) is 0 Å². The zero-order valence-electron chi connectivity index (χ0n) is 19.1. The summed E-state index contributed by atoms with van der Waals surface area (Å²) in [5, 5.41) is 10.7. The molecular formula is C28H23NO5S. The SMILES string of the molecule is C=C(C)C(=O)N1CC(Oc2ccc(Oc3c(C(=O)c4ccccc4)sc4cc(O)ccc34)cc2)C1. The van der Waals surface area contributed by atoms with Gasteiger partial charge in [-0.3, -0.25) is 9.59 Å². The maximum atomic E-state index is 13.3. The van der Waals surface area contributed by atoms with Crippen molar-refractivity contribution in [2.75, 3.05) is 13.1 Å². The number of likely N-dealkylation sites (tertiary alicyclic amines) is 1. The normalized spacial score (nSPS) is 13.3. The summed E-state index contributed by atoms with van der Waals surface area (Å²) in [5.74, 6) is 1.63. The molecule has 1 aliphatic rings. The quantitative estimate of drug-likeness (QED) is 0.265. The van der Waals surface area contributed by atoms with E-state index in [4.69, 9.17) is 9.47 Å². The molecule has 0 bridgehead atoms. The van der Waals surface area contributed by atoms with Gasteiger partial charge in [-0.2, -0.15) is 0 Å². The van der Waals surface area contributed by atoms with Gasteiger partial charge < -0.3 is 19.5 Å². The zero-order chi connectivity index (χ0) is 24.5. The van der Waals surface area contributed by atoms with Crippen molar-refractivity contribution in [2.24, 2.45) is 0 Å². The number of carbonyl (C=O) groups excluding carboxylic acids is 2. The average Bonchev–Trinajstić information content (AvgIpc) is 3.18. The molecule has 5 rings (SSSR count). The van der Waals surface area contributed by atoms with Gasteiger partial charge in [-0.15, -0.1) is 11.3 Å². The first-order chi connectivity index (χ1) is 16.9. The molecule has 1 amide bonds. The summed E-state index contributed by atoms with van der Waals surface area (Å²) in [7, 11) is 0. The van der Waals surface area contributed by atoms with Gasteiger partial charge in [0.1, 0.15) is 28.2 Å². The van der Waals surface area contributed by atoms with Crippen LogP contribution in [0.5, 0.6) is 23.0 Å². The summed E-state index contributed by atoms with van der Waals surface area (Å²) in [4.78, 5) is 27.3. The van der Waals surface area contributed by atoms with Crippen molar-refractivity contribution < 1.29 is 24.2 Å². The Balaban J connectivity index is 1.35. The van der Waals surface area contributed by atoms with E-state index in [9.17, 15) is 14.7 Å². The van der Waals surface area contributed by atoms with E-state index in [1.165, 1.54) is 11.3 Å². The van der Waals surface area contributed by atoms with E-state index in [-0.39, 0.29) is 23.5 Å². The van der Waals surface area contributed by atoms with Gasteiger partial charge in [0.15, 0.2) is 5.75 Å². The van der Waals surface area contributed by atoms with Crippen LogP contribution in [0.1, 0.15) is 22.2 Å². The number of benzene rings is 3. The van der Waals surface area contributed by atoms with Crippen molar-refractivity contribution >= 4 is 33.1 Å². The fourth-order valence-corrected chi connectivity index (χ4v) is 5.00. The number of hydrogen-bond acceptors (Lipinski definition) is 6. The molecular weight excluding hydrogens is 462 g/mol. The first-order valence-electron chi connectivity index (χ1n) is 11.1. The molecule has 1 N–H and O–H groups in total. The van der Waals surface area contributed by atoms with Crippen LogP contribution in [0, 0.1) is 0 Å². The van der Waals surface area contributed by atoms with E-state index >= 15 is 0 Å². The molecule has 35 heavy (non-hydrogen) atoms. The molecule has 1 fully saturated rings. The lowest BCUT2D eigenvalue weighted by atomic mass is 10.1. The van der Waals surface area contributed by atoms with E-state index in [0.717, 1.165) is 10.1 Å². The van der Waals surface area contributed by atoms with E-state index in [2.05, 4.69) is 6.58 Å². The second kappa shape index (κ2) is 9.27. The number of carbonyl (C=O) groups is 2. The molecule has 0 unspecified atom stereocenters. The number of aromatic hydroxyl groups is 1. The lowest BCUT2D eigenvalue weighted by Crippen LogP contribution is -2.56. The molecule has 3 aromatic carbocycles. The summed E-state index contributed by atoms with van der Waals surface area (Å²) in [6.07, 6.45) is -0.0614. The van der Waals surface area contributed by atoms with Crippen molar-refractivity contribution in [1.82, 2.24) is 4.90 Å². The minimum absolute atomic E-state index is 0.0502. The lowest BCUT2D eigenvalue weighted by Gasteiger charge is -2.39. The van der Waals surface area contributed by atoms with Gasteiger partial charge in [0.05, 0.1) is 13.1 Å². The number of hydrogen-bond donors (Lipinski definition) is 1. The topological polar surface area (TPSA) is 76.1 Å². The van der Waals surface area contributed by atoms with Crippen molar-refractivity contribution in [1.29, 1.82) is 0 Å². The zero-order valence-corrected chi connectivity index (χ0v) is 19.9. The van der Waals surface area contributed by atoms with Crippen molar-refractivity contribution in [3.05, 3.63) is 95.4 Å². The third-order valence-electron chi connectivity index (χ3n) is 5.72. The highest BCUT2D eigenvalue weighted by atomic mass is 32.1. The second-order valence-corrected chi connectivity index (χ2v) is 9.49. The molecule has 2 heterocycles. The van der Waals surface area contributed by atoms with Gasteiger partial charge in [-0.1, -0.05) is 36.9 Å². The summed E-state index contributed by atoms with van der Waals surface area (Å²) in [6.45, 7) is 6.45. The molecule has 0 spiro atoms. The minimum atomic E-state index is -0.139. The largest absolute Gasteiger partial charge is 0.508 e. The second-order valence-electron chi connectivity index (χ2n) is 8.44. The number of rotatable bonds is 7. The Morgan fingerprint density at radius 2 is 1.69 bits per heavy atom. The monoisotopic (exact) mass is 485 g/mol. The molecule has 0 atom stereocenters. The van der Waals surface area contributed by atoms with Gasteiger partial charge in [0.25, 0.3) is 0 Å². The number of fused-ring (bicyclic) bond motifs is 1. The number of phenolic OH excluding ortho intramolecular Hbond substituents is 1. The maximum absolute atomic E-state index is 13.3. The summed E-state index contributed by atoms with van der Waals surface area (Å²) in [5.41, 5.74) is 1.09. The summed E-state index contributed by atoms with van der Waals surface area (Å²) >= 11 is 1.29. The van der Waals surface area contributed by atoms with E-state index in [1.54, 1.807) is 66.4 Å². The minimum Gasteiger partial charge on any atom is -0.508 e. The van der Waals surface area contributed by atoms with Gasteiger partial charge in [0.2, 0.25) is 11.7 Å². The van der Waals surface area contributed by atoms with Crippen molar-refractivity contribution in [2.45, 2.75) is 13.0 Å². The number of ketones is 1. The van der Waals surface area contributed by atoms with Crippen LogP contribution in [0.2, 0.25) is 0 Å². The number of nitrogens with zero attached hydrogens (tertiary/aromatic N) is 1. The fraction of sp³-hybridized carbons (Fsp3) is 0.143. The molecule has 4 aromatic rings. The van der Waals surface area contributed by atoms with Gasteiger partial charge >= 0.3 is 0 Å². The van der Waals surface area contributed by atoms with E-state index < -0.39 is 0 Å².